The molecule has 1 aliphatic heterocycles. The van der Waals surface area contributed by atoms with Crippen molar-refractivity contribution in [1.82, 2.24) is 14.9 Å². The van der Waals surface area contributed by atoms with E-state index in [1.54, 1.807) is 37.4 Å². The Balaban J connectivity index is 1.33. The first-order valence-corrected chi connectivity index (χ1v) is 13.9. The van der Waals surface area contributed by atoms with Crippen LogP contribution in [0.15, 0.2) is 60.8 Å². The Kier molecular flexibility index (Phi) is 8.81. The van der Waals surface area contributed by atoms with E-state index in [9.17, 15) is 9.59 Å². The van der Waals surface area contributed by atoms with E-state index in [1.165, 1.54) is 10.1 Å². The summed E-state index contributed by atoms with van der Waals surface area (Å²) in [5.41, 5.74) is 8.73. The Bertz CT molecular complexity index is 1530. The van der Waals surface area contributed by atoms with Crippen molar-refractivity contribution in [2.24, 2.45) is 5.73 Å². The number of amides is 2. The van der Waals surface area contributed by atoms with Crippen molar-refractivity contribution in [2.75, 3.05) is 38.2 Å². The molecule has 1 fully saturated rings. The van der Waals surface area contributed by atoms with Gasteiger partial charge in [0.25, 0.3) is 5.91 Å². The normalized spacial score (nSPS) is 13.7. The molecular weight excluding hydrogens is 522 g/mol. The number of nitrogens with one attached hydrogen (secondary N) is 2. The van der Waals surface area contributed by atoms with Crippen LogP contribution in [0.4, 0.5) is 10.6 Å². The monoisotopic (exact) mass is 557 g/mol. The average molecular weight is 558 g/mol. The molecule has 0 spiro atoms. The van der Waals surface area contributed by atoms with Crippen LogP contribution in [-0.2, 0) is 4.74 Å². The fourth-order valence-electron chi connectivity index (χ4n) is 5.11. The number of ether oxygens (including phenoxy) is 3. The quantitative estimate of drug-likeness (QED) is 0.229. The first-order chi connectivity index (χ1) is 19.9. The van der Waals surface area contributed by atoms with Gasteiger partial charge in [0, 0.05) is 41.6 Å². The summed E-state index contributed by atoms with van der Waals surface area (Å²) in [6.45, 7) is 7.02. The van der Waals surface area contributed by atoms with Gasteiger partial charge in [-0.2, -0.15) is 0 Å². The molecule has 2 aromatic carbocycles. The number of primary amides is 1. The summed E-state index contributed by atoms with van der Waals surface area (Å²) in [5, 5.41) is 7.01. The van der Waals surface area contributed by atoms with Gasteiger partial charge < -0.3 is 30.6 Å². The van der Waals surface area contributed by atoms with E-state index < -0.39 is 6.03 Å². The molecule has 41 heavy (non-hydrogen) atoms. The highest BCUT2D eigenvalue weighted by Crippen LogP contribution is 2.37. The number of nitrogens with zero attached hydrogens (tertiary/aromatic N) is 2. The molecular formula is C31H35N5O5. The molecule has 1 saturated heterocycles. The van der Waals surface area contributed by atoms with Crippen LogP contribution in [0.1, 0.15) is 47.3 Å². The minimum Gasteiger partial charge on any atom is -0.487 e. The van der Waals surface area contributed by atoms with Gasteiger partial charge >= 0.3 is 6.03 Å². The molecule has 0 unspecified atom stereocenters. The molecule has 0 radical (unpaired) electrons. The molecule has 0 aliphatic carbocycles. The zero-order valence-corrected chi connectivity index (χ0v) is 23.3. The van der Waals surface area contributed by atoms with Crippen molar-refractivity contribution in [1.29, 1.82) is 0 Å². The SMILES string of the molecule is CCOCCOc1cc2c(cc1Oc1ccnc(NC(=O)c3ccc(C4CCNCC4)cc3)c1)cc(C)n2C(N)=O. The summed E-state index contributed by atoms with van der Waals surface area (Å²) in [7, 11) is 0. The molecule has 1 aliphatic rings. The Hall–Kier alpha value is -4.41. The number of benzene rings is 2. The van der Waals surface area contributed by atoms with E-state index in [2.05, 4.69) is 15.6 Å². The van der Waals surface area contributed by atoms with Gasteiger partial charge in [0.1, 0.15) is 18.2 Å². The molecule has 5 rings (SSSR count). The van der Waals surface area contributed by atoms with Gasteiger partial charge in [-0.05, 0) is 81.6 Å². The lowest BCUT2D eigenvalue weighted by Crippen LogP contribution is -2.26. The Morgan fingerprint density at radius 1 is 1.05 bits per heavy atom. The zero-order valence-electron chi connectivity index (χ0n) is 23.3. The third-order valence-corrected chi connectivity index (χ3v) is 7.15. The number of pyridine rings is 1. The molecule has 2 amide bonds. The minimum atomic E-state index is -0.582. The Morgan fingerprint density at radius 2 is 1.83 bits per heavy atom. The van der Waals surface area contributed by atoms with Crippen LogP contribution in [0.5, 0.6) is 17.2 Å². The zero-order chi connectivity index (χ0) is 28.8. The van der Waals surface area contributed by atoms with Gasteiger partial charge in [0.15, 0.2) is 11.5 Å². The number of carbonyl (C=O) groups excluding carboxylic acids is 2. The number of aromatic nitrogens is 2. The lowest BCUT2D eigenvalue weighted by molar-refractivity contribution is 0.102. The summed E-state index contributed by atoms with van der Waals surface area (Å²) in [4.78, 5) is 29.3. The maximum atomic E-state index is 13.0. The molecule has 4 N–H and O–H groups in total. The van der Waals surface area contributed by atoms with Crippen molar-refractivity contribution >= 4 is 28.7 Å². The molecule has 10 heteroatoms. The second-order valence-electron chi connectivity index (χ2n) is 9.94. The Labute approximate surface area is 238 Å². The number of piperidine rings is 1. The van der Waals surface area contributed by atoms with Crippen LogP contribution in [0, 0.1) is 6.92 Å². The fourth-order valence-corrected chi connectivity index (χ4v) is 5.11. The van der Waals surface area contributed by atoms with Crippen molar-refractivity contribution in [3.05, 3.63) is 77.6 Å². The van der Waals surface area contributed by atoms with Gasteiger partial charge in [-0.1, -0.05) is 12.1 Å². The molecule has 2 aromatic heterocycles. The minimum absolute atomic E-state index is 0.254. The van der Waals surface area contributed by atoms with Crippen molar-refractivity contribution < 1.29 is 23.8 Å². The fraction of sp³-hybridized carbons (Fsp3) is 0.323. The van der Waals surface area contributed by atoms with Gasteiger partial charge in [-0.25, -0.2) is 9.78 Å². The number of hydrogen-bond donors (Lipinski definition) is 3. The van der Waals surface area contributed by atoms with Crippen molar-refractivity contribution in [3.63, 3.8) is 0 Å². The summed E-state index contributed by atoms with van der Waals surface area (Å²) >= 11 is 0. The second kappa shape index (κ2) is 12.8. The van der Waals surface area contributed by atoms with Crippen LogP contribution < -0.4 is 25.8 Å². The van der Waals surface area contributed by atoms with Gasteiger partial charge in [-0.15, -0.1) is 0 Å². The summed E-state index contributed by atoms with van der Waals surface area (Å²) in [6.07, 6.45) is 3.77. The number of anilines is 1. The van der Waals surface area contributed by atoms with E-state index in [-0.39, 0.29) is 5.91 Å². The highest BCUT2D eigenvalue weighted by atomic mass is 16.5. The third kappa shape index (κ3) is 6.67. The van der Waals surface area contributed by atoms with E-state index in [0.717, 1.165) is 31.3 Å². The maximum Gasteiger partial charge on any atom is 0.323 e. The first-order valence-electron chi connectivity index (χ1n) is 13.9. The van der Waals surface area contributed by atoms with E-state index >= 15 is 0 Å². The van der Waals surface area contributed by atoms with Gasteiger partial charge in [0.2, 0.25) is 0 Å². The number of aryl methyl sites for hydroxylation is 1. The van der Waals surface area contributed by atoms with E-state index in [4.69, 9.17) is 19.9 Å². The molecule has 0 saturated carbocycles. The topological polar surface area (TPSA) is 130 Å². The summed E-state index contributed by atoms with van der Waals surface area (Å²) in [6, 6.07) is 15.9. The first kappa shape index (κ1) is 28.1. The molecule has 0 atom stereocenters. The Morgan fingerprint density at radius 3 is 2.56 bits per heavy atom. The van der Waals surface area contributed by atoms with Crippen LogP contribution in [0.3, 0.4) is 0 Å². The number of fused-ring (bicyclic) bond motifs is 1. The van der Waals surface area contributed by atoms with Gasteiger partial charge in [0.05, 0.1) is 12.1 Å². The standard InChI is InChI=1S/C31H35N5O5/c1-3-39-14-15-40-27-19-26-24(16-20(2)36(26)31(32)38)17-28(27)41-25-10-13-34-29(18-25)35-30(37)23-6-4-21(5-7-23)22-8-11-33-12-9-22/h4-7,10,13,16-19,22,33H,3,8-9,11-12,14-15H2,1-2H3,(H2,32,38)(H,34,35,37). The maximum absolute atomic E-state index is 13.0. The molecule has 4 aromatic rings. The van der Waals surface area contributed by atoms with E-state index in [0.29, 0.717) is 65.6 Å². The molecule has 3 heterocycles. The second-order valence-corrected chi connectivity index (χ2v) is 9.94. The lowest BCUT2D eigenvalue weighted by Gasteiger charge is -2.23. The van der Waals surface area contributed by atoms with Crippen LogP contribution >= 0.6 is 0 Å². The average Bonchev–Trinajstić information content (AvgIpc) is 3.30. The third-order valence-electron chi connectivity index (χ3n) is 7.15. The smallest absolute Gasteiger partial charge is 0.323 e. The van der Waals surface area contributed by atoms with E-state index in [1.807, 2.05) is 37.3 Å². The number of nitrogens with two attached hydrogens (primary N) is 1. The van der Waals surface area contributed by atoms with Gasteiger partial charge in [-0.3, -0.25) is 9.36 Å². The number of hydrogen-bond acceptors (Lipinski definition) is 7. The lowest BCUT2D eigenvalue weighted by atomic mass is 9.90. The largest absolute Gasteiger partial charge is 0.487 e. The van der Waals surface area contributed by atoms with Crippen molar-refractivity contribution in [3.8, 4) is 17.2 Å². The molecule has 10 nitrogen and oxygen atoms in total. The molecule has 214 valence electrons. The highest BCUT2D eigenvalue weighted by Gasteiger charge is 2.18. The predicted molar refractivity (Wildman–Crippen MR) is 157 cm³/mol. The van der Waals surface area contributed by atoms with Crippen LogP contribution in [0.25, 0.3) is 10.9 Å². The molecule has 0 bridgehead atoms. The highest BCUT2D eigenvalue weighted by molar-refractivity contribution is 6.03. The van der Waals surface area contributed by atoms with Crippen LogP contribution in [-0.4, -0.2) is 54.4 Å². The number of carbonyl (C=O) groups is 2. The van der Waals surface area contributed by atoms with Crippen LogP contribution in [0.2, 0.25) is 0 Å². The number of rotatable bonds is 10. The summed E-state index contributed by atoms with van der Waals surface area (Å²) < 4.78 is 19.0. The summed E-state index contributed by atoms with van der Waals surface area (Å²) in [5.74, 6) is 1.94. The van der Waals surface area contributed by atoms with Crippen molar-refractivity contribution in [2.45, 2.75) is 32.6 Å². The predicted octanol–water partition coefficient (Wildman–Crippen LogP) is 5.20.